The Morgan fingerprint density at radius 2 is 2.20 bits per heavy atom. The molecule has 1 aliphatic rings. The molecule has 1 atom stereocenters. The Labute approximate surface area is 120 Å². The molecular weight excluding hydrogens is 284 g/mol. The number of piperazine rings is 1. The van der Waals surface area contributed by atoms with Gasteiger partial charge in [0, 0.05) is 0 Å². The Bertz CT molecular complexity index is 588. The van der Waals surface area contributed by atoms with Crippen LogP contribution in [0.3, 0.4) is 0 Å². The number of nitrogens with zero attached hydrogens (tertiary/aromatic N) is 1. The number of rotatable bonds is 2. The van der Waals surface area contributed by atoms with Crippen molar-refractivity contribution in [2.75, 3.05) is 6.54 Å². The average Bonchev–Trinajstić information content (AvgIpc) is 2.40. The molecule has 1 aromatic carbocycles. The number of phenols is 1. The molecule has 0 bridgehead atoms. The van der Waals surface area contributed by atoms with Crippen LogP contribution in [0.15, 0.2) is 18.2 Å². The van der Waals surface area contributed by atoms with Crippen molar-refractivity contribution < 1.29 is 19.5 Å². The Balaban J connectivity index is 2.37. The van der Waals surface area contributed by atoms with E-state index in [0.717, 1.165) is 0 Å². The molecule has 1 unspecified atom stereocenters. The summed E-state index contributed by atoms with van der Waals surface area (Å²) < 4.78 is 0. The molecule has 6 nitrogen and oxygen atoms in total. The van der Waals surface area contributed by atoms with Gasteiger partial charge in [0.1, 0.15) is 18.3 Å². The van der Waals surface area contributed by atoms with Gasteiger partial charge in [0.25, 0.3) is 5.91 Å². The van der Waals surface area contributed by atoms with Crippen LogP contribution in [-0.2, 0) is 9.59 Å². The first kappa shape index (κ1) is 14.3. The zero-order chi connectivity index (χ0) is 14.9. The number of aromatic hydroxyl groups is 1. The third kappa shape index (κ3) is 2.60. The molecule has 106 valence electrons. The monoisotopic (exact) mass is 296 g/mol. The number of benzene rings is 1. The van der Waals surface area contributed by atoms with Crippen molar-refractivity contribution >= 4 is 29.3 Å². The number of nitrogens with one attached hydrogen (secondary N) is 1. The third-order valence-corrected chi connectivity index (χ3v) is 3.41. The zero-order valence-electron chi connectivity index (χ0n) is 10.7. The van der Waals surface area contributed by atoms with Gasteiger partial charge in [-0.25, -0.2) is 0 Å². The summed E-state index contributed by atoms with van der Waals surface area (Å²) in [5.74, 6) is -1.71. The van der Waals surface area contributed by atoms with Crippen molar-refractivity contribution in [3.8, 4) is 5.75 Å². The van der Waals surface area contributed by atoms with E-state index in [1.807, 2.05) is 0 Å². The van der Waals surface area contributed by atoms with E-state index in [4.69, 9.17) is 11.6 Å². The number of carbonyl (C=O) groups is 3. The number of imide groups is 1. The Hall–Kier alpha value is -2.08. The van der Waals surface area contributed by atoms with Crippen molar-refractivity contribution in [3.05, 3.63) is 28.8 Å². The van der Waals surface area contributed by atoms with Crippen LogP contribution in [0.4, 0.5) is 0 Å². The lowest BCUT2D eigenvalue weighted by Crippen LogP contribution is -2.59. The van der Waals surface area contributed by atoms with Gasteiger partial charge in [-0.2, -0.15) is 0 Å². The molecule has 1 aliphatic heterocycles. The van der Waals surface area contributed by atoms with Crippen molar-refractivity contribution in [3.63, 3.8) is 0 Å². The van der Waals surface area contributed by atoms with Crippen LogP contribution >= 0.6 is 11.6 Å². The molecule has 7 heteroatoms. The smallest absolute Gasteiger partial charge is 0.256 e. The minimum absolute atomic E-state index is 0.0626. The number of hydrogen-bond acceptors (Lipinski definition) is 4. The van der Waals surface area contributed by atoms with Gasteiger partial charge in [0.05, 0.1) is 10.6 Å². The number of halogens is 1. The lowest BCUT2D eigenvalue weighted by atomic mass is 10.1. The molecule has 20 heavy (non-hydrogen) atoms. The number of phenolic OH excluding ortho intramolecular Hbond substituents is 1. The van der Waals surface area contributed by atoms with Gasteiger partial charge in [-0.3, -0.25) is 19.7 Å². The fourth-order valence-electron chi connectivity index (χ4n) is 2.12. The first-order valence-corrected chi connectivity index (χ1v) is 6.45. The highest BCUT2D eigenvalue weighted by atomic mass is 35.5. The summed E-state index contributed by atoms with van der Waals surface area (Å²) in [5, 5.41) is 11.8. The molecule has 0 radical (unpaired) electrons. The maximum absolute atomic E-state index is 12.4. The molecule has 1 fully saturated rings. The second kappa shape index (κ2) is 5.50. The van der Waals surface area contributed by atoms with E-state index in [-0.39, 0.29) is 22.9 Å². The van der Waals surface area contributed by atoms with Crippen LogP contribution in [0.25, 0.3) is 0 Å². The summed E-state index contributed by atoms with van der Waals surface area (Å²) in [6.45, 7) is 1.53. The summed E-state index contributed by atoms with van der Waals surface area (Å²) in [5.41, 5.74) is 0.0626. The molecule has 0 saturated carbocycles. The van der Waals surface area contributed by atoms with Crippen LogP contribution in [-0.4, -0.2) is 40.3 Å². The van der Waals surface area contributed by atoms with E-state index in [9.17, 15) is 19.5 Å². The summed E-state index contributed by atoms with van der Waals surface area (Å²) in [6, 6.07) is 3.23. The van der Waals surface area contributed by atoms with Crippen molar-refractivity contribution in [2.45, 2.75) is 19.4 Å². The lowest BCUT2D eigenvalue weighted by molar-refractivity contribution is -0.138. The van der Waals surface area contributed by atoms with E-state index in [1.165, 1.54) is 23.1 Å². The van der Waals surface area contributed by atoms with Crippen LogP contribution < -0.4 is 5.32 Å². The predicted octanol–water partition coefficient (Wildman–Crippen LogP) is 0.923. The summed E-state index contributed by atoms with van der Waals surface area (Å²) in [4.78, 5) is 36.8. The van der Waals surface area contributed by atoms with Gasteiger partial charge in [0.15, 0.2) is 0 Å². The van der Waals surface area contributed by atoms with E-state index >= 15 is 0 Å². The number of carbonyl (C=O) groups excluding carboxylic acids is 3. The SMILES string of the molecule is CCC1C(=O)NC(=O)CN1C(=O)c1cc(O)ccc1Cl. The van der Waals surface area contributed by atoms with Crippen molar-refractivity contribution in [1.29, 1.82) is 0 Å². The van der Waals surface area contributed by atoms with Crippen LogP contribution in [0.2, 0.25) is 5.02 Å². The quantitative estimate of drug-likeness (QED) is 0.795. The molecule has 3 amide bonds. The summed E-state index contributed by atoms with van der Waals surface area (Å²) in [7, 11) is 0. The largest absolute Gasteiger partial charge is 0.508 e. The van der Waals surface area contributed by atoms with E-state index in [1.54, 1.807) is 6.92 Å². The molecule has 0 aromatic heterocycles. The van der Waals surface area contributed by atoms with Crippen LogP contribution in [0, 0.1) is 0 Å². The van der Waals surface area contributed by atoms with Gasteiger partial charge < -0.3 is 10.0 Å². The zero-order valence-corrected chi connectivity index (χ0v) is 11.5. The molecule has 1 aromatic rings. The predicted molar refractivity (Wildman–Crippen MR) is 71.4 cm³/mol. The standard InChI is InChI=1S/C13H13ClN2O4/c1-2-10-12(19)15-11(18)6-16(10)13(20)8-5-7(17)3-4-9(8)14/h3-5,10,17H,2,6H2,1H3,(H,15,18,19). The number of amides is 3. The topological polar surface area (TPSA) is 86.7 Å². The van der Waals surface area contributed by atoms with Crippen molar-refractivity contribution in [2.24, 2.45) is 0 Å². The molecule has 1 saturated heterocycles. The second-order valence-electron chi connectivity index (χ2n) is 4.43. The highest BCUT2D eigenvalue weighted by molar-refractivity contribution is 6.34. The molecule has 2 rings (SSSR count). The van der Waals surface area contributed by atoms with E-state index in [2.05, 4.69) is 5.32 Å². The first-order chi connectivity index (χ1) is 9.43. The highest BCUT2D eigenvalue weighted by Crippen LogP contribution is 2.24. The minimum Gasteiger partial charge on any atom is -0.508 e. The highest BCUT2D eigenvalue weighted by Gasteiger charge is 2.36. The maximum atomic E-state index is 12.4. The fraction of sp³-hybridized carbons (Fsp3) is 0.308. The van der Waals surface area contributed by atoms with E-state index in [0.29, 0.717) is 6.42 Å². The summed E-state index contributed by atoms with van der Waals surface area (Å²) >= 11 is 5.93. The lowest BCUT2D eigenvalue weighted by Gasteiger charge is -2.33. The average molecular weight is 297 g/mol. The second-order valence-corrected chi connectivity index (χ2v) is 4.84. The maximum Gasteiger partial charge on any atom is 0.256 e. The Morgan fingerprint density at radius 1 is 1.50 bits per heavy atom. The first-order valence-electron chi connectivity index (χ1n) is 6.07. The van der Waals surface area contributed by atoms with Crippen LogP contribution in [0.5, 0.6) is 5.75 Å². The Morgan fingerprint density at radius 3 is 2.85 bits per heavy atom. The third-order valence-electron chi connectivity index (χ3n) is 3.08. The van der Waals surface area contributed by atoms with E-state index < -0.39 is 23.8 Å². The molecule has 2 N–H and O–H groups in total. The van der Waals surface area contributed by atoms with Crippen LogP contribution in [0.1, 0.15) is 23.7 Å². The van der Waals surface area contributed by atoms with Gasteiger partial charge in [-0.1, -0.05) is 18.5 Å². The fourth-order valence-corrected chi connectivity index (χ4v) is 2.32. The Kier molecular flexibility index (Phi) is 3.94. The van der Waals surface area contributed by atoms with Gasteiger partial charge in [-0.05, 0) is 24.6 Å². The molecule has 0 spiro atoms. The molecular formula is C13H13ClN2O4. The van der Waals surface area contributed by atoms with Gasteiger partial charge in [-0.15, -0.1) is 0 Å². The molecule has 1 heterocycles. The minimum atomic E-state index is -0.724. The van der Waals surface area contributed by atoms with Crippen molar-refractivity contribution in [1.82, 2.24) is 10.2 Å². The van der Waals surface area contributed by atoms with Gasteiger partial charge >= 0.3 is 0 Å². The summed E-state index contributed by atoms with van der Waals surface area (Å²) in [6.07, 6.45) is 0.376. The molecule has 0 aliphatic carbocycles. The number of hydrogen-bond donors (Lipinski definition) is 2. The normalized spacial score (nSPS) is 18.9. The van der Waals surface area contributed by atoms with Gasteiger partial charge in [0.2, 0.25) is 11.8 Å².